The van der Waals surface area contributed by atoms with Crippen LogP contribution in [0.25, 0.3) is 6.08 Å². The Labute approximate surface area is 173 Å². The molecule has 0 unspecified atom stereocenters. The lowest BCUT2D eigenvalue weighted by Gasteiger charge is -2.32. The lowest BCUT2D eigenvalue weighted by Crippen LogP contribution is -2.44. The van der Waals surface area contributed by atoms with Crippen LogP contribution in [-0.4, -0.2) is 69.1 Å². The number of nitrogens with zero attached hydrogens (tertiary/aromatic N) is 2. The van der Waals surface area contributed by atoms with Crippen molar-refractivity contribution >= 4 is 11.9 Å². The van der Waals surface area contributed by atoms with Gasteiger partial charge in [0.2, 0.25) is 0 Å². The van der Waals surface area contributed by atoms with Crippen LogP contribution in [0.2, 0.25) is 0 Å². The van der Waals surface area contributed by atoms with Gasteiger partial charge < -0.3 is 19.3 Å². The zero-order valence-electron chi connectivity index (χ0n) is 17.3. The number of allylic oxidation sites excluding steroid dienone is 1. The molecule has 1 saturated heterocycles. The summed E-state index contributed by atoms with van der Waals surface area (Å²) in [6.45, 7) is 6.31. The van der Waals surface area contributed by atoms with Crippen LogP contribution in [0.3, 0.4) is 0 Å². The molecule has 1 fully saturated rings. The Balaban J connectivity index is 1.44. The van der Waals surface area contributed by atoms with E-state index in [2.05, 4.69) is 16.8 Å². The zero-order chi connectivity index (χ0) is 20.5. The Kier molecular flexibility index (Phi) is 7.85. The van der Waals surface area contributed by atoms with E-state index < -0.39 is 0 Å². The summed E-state index contributed by atoms with van der Waals surface area (Å²) < 4.78 is 11.1. The Morgan fingerprint density at radius 1 is 1.03 bits per heavy atom. The van der Waals surface area contributed by atoms with Gasteiger partial charge in [0.1, 0.15) is 11.5 Å². The number of ether oxygens (including phenoxy) is 2. The first-order chi connectivity index (χ1) is 14.2. The van der Waals surface area contributed by atoms with E-state index >= 15 is 0 Å². The van der Waals surface area contributed by atoms with Crippen molar-refractivity contribution in [3.8, 4) is 11.5 Å². The summed E-state index contributed by atoms with van der Waals surface area (Å²) in [5.41, 5.74) is 1.52. The molecule has 0 bridgehead atoms. The van der Waals surface area contributed by atoms with Gasteiger partial charge in [-0.15, -0.1) is 0 Å². The molecule has 5 heteroatoms. The van der Waals surface area contributed by atoms with Gasteiger partial charge in [0, 0.05) is 43.9 Å². The van der Waals surface area contributed by atoms with Crippen LogP contribution < -0.4 is 9.47 Å². The molecule has 1 aliphatic heterocycles. The molecule has 2 aromatic carbocycles. The summed E-state index contributed by atoms with van der Waals surface area (Å²) in [4.78, 5) is 17.3. The molecule has 3 rings (SSSR count). The highest BCUT2D eigenvalue weighted by Gasteiger charge is 2.12. The summed E-state index contributed by atoms with van der Waals surface area (Å²) in [5.74, 6) is 1.50. The van der Waals surface area contributed by atoms with Crippen molar-refractivity contribution in [3.63, 3.8) is 0 Å². The van der Waals surface area contributed by atoms with Crippen LogP contribution in [0.1, 0.15) is 22.3 Å². The normalized spacial score (nSPS) is 15.5. The average molecular weight is 395 g/mol. The number of hydrogen-bond donors (Lipinski definition) is 0. The SMILES string of the molecule is COc1ccccc1C=CC(=O)c1ccc(OCCCN2CCN(C)CC2)cc1. The van der Waals surface area contributed by atoms with E-state index in [0.29, 0.717) is 12.2 Å². The summed E-state index contributed by atoms with van der Waals surface area (Å²) in [7, 11) is 3.79. The second-order valence-corrected chi connectivity index (χ2v) is 7.31. The maximum atomic E-state index is 12.4. The van der Waals surface area contributed by atoms with Crippen LogP contribution >= 0.6 is 0 Å². The summed E-state index contributed by atoms with van der Waals surface area (Å²) in [5, 5.41) is 0. The Hall–Kier alpha value is -2.63. The lowest BCUT2D eigenvalue weighted by molar-refractivity contribution is 0.104. The minimum Gasteiger partial charge on any atom is -0.496 e. The van der Waals surface area contributed by atoms with Gasteiger partial charge in [-0.1, -0.05) is 18.2 Å². The number of piperazine rings is 1. The van der Waals surface area contributed by atoms with Crippen molar-refractivity contribution in [2.75, 3.05) is 53.5 Å². The number of carbonyl (C=O) groups is 1. The van der Waals surface area contributed by atoms with E-state index in [4.69, 9.17) is 9.47 Å². The number of carbonyl (C=O) groups excluding carboxylic acids is 1. The molecule has 2 aromatic rings. The molecule has 0 aromatic heterocycles. The van der Waals surface area contributed by atoms with Crippen LogP contribution in [0.15, 0.2) is 54.6 Å². The van der Waals surface area contributed by atoms with Gasteiger partial charge in [0.15, 0.2) is 5.78 Å². The molecule has 0 aliphatic carbocycles. The largest absolute Gasteiger partial charge is 0.496 e. The number of benzene rings is 2. The quantitative estimate of drug-likeness (QED) is 0.369. The summed E-state index contributed by atoms with van der Waals surface area (Å²) in [6.07, 6.45) is 4.36. The summed E-state index contributed by atoms with van der Waals surface area (Å²) in [6, 6.07) is 15.0. The highest BCUT2D eigenvalue weighted by molar-refractivity contribution is 6.07. The molecular formula is C24H30N2O3. The van der Waals surface area contributed by atoms with Gasteiger partial charge in [0.25, 0.3) is 0 Å². The molecule has 0 amide bonds. The van der Waals surface area contributed by atoms with Crippen molar-refractivity contribution in [1.82, 2.24) is 9.80 Å². The number of likely N-dealkylation sites (N-methyl/N-ethyl adjacent to an activating group) is 1. The highest BCUT2D eigenvalue weighted by atomic mass is 16.5. The smallest absolute Gasteiger partial charge is 0.185 e. The Bertz CT molecular complexity index is 809. The van der Waals surface area contributed by atoms with E-state index in [1.165, 1.54) is 0 Å². The first kappa shape index (κ1) is 21.1. The summed E-state index contributed by atoms with van der Waals surface area (Å²) >= 11 is 0. The molecule has 0 radical (unpaired) electrons. The van der Waals surface area contributed by atoms with E-state index in [-0.39, 0.29) is 5.78 Å². The van der Waals surface area contributed by atoms with E-state index in [0.717, 1.165) is 56.2 Å². The number of methoxy groups -OCH3 is 1. The first-order valence-electron chi connectivity index (χ1n) is 10.1. The molecule has 29 heavy (non-hydrogen) atoms. The second-order valence-electron chi connectivity index (χ2n) is 7.31. The van der Waals surface area contributed by atoms with Gasteiger partial charge in [0.05, 0.1) is 13.7 Å². The van der Waals surface area contributed by atoms with E-state index in [1.807, 2.05) is 48.5 Å². The minimum atomic E-state index is -0.0440. The lowest BCUT2D eigenvalue weighted by atomic mass is 10.1. The first-order valence-corrected chi connectivity index (χ1v) is 10.1. The fourth-order valence-corrected chi connectivity index (χ4v) is 3.33. The Morgan fingerprint density at radius 3 is 2.48 bits per heavy atom. The Morgan fingerprint density at radius 2 is 1.76 bits per heavy atom. The predicted octanol–water partition coefficient (Wildman–Crippen LogP) is 3.61. The van der Waals surface area contributed by atoms with Crippen molar-refractivity contribution in [1.29, 1.82) is 0 Å². The van der Waals surface area contributed by atoms with Gasteiger partial charge in [-0.3, -0.25) is 4.79 Å². The van der Waals surface area contributed by atoms with E-state index in [9.17, 15) is 4.79 Å². The fraction of sp³-hybridized carbons (Fsp3) is 0.375. The molecule has 0 saturated carbocycles. The standard InChI is InChI=1S/C24H30N2O3/c1-25-15-17-26(18-16-25)14-5-19-29-22-11-8-20(9-12-22)23(27)13-10-21-6-3-4-7-24(21)28-2/h3-4,6-13H,5,14-19H2,1-2H3. The molecule has 0 N–H and O–H groups in total. The third-order valence-electron chi connectivity index (χ3n) is 5.18. The van der Waals surface area contributed by atoms with Crippen molar-refractivity contribution < 1.29 is 14.3 Å². The highest BCUT2D eigenvalue weighted by Crippen LogP contribution is 2.19. The number of hydrogen-bond acceptors (Lipinski definition) is 5. The third-order valence-corrected chi connectivity index (χ3v) is 5.18. The monoisotopic (exact) mass is 394 g/mol. The maximum absolute atomic E-state index is 12.4. The van der Waals surface area contributed by atoms with Crippen molar-refractivity contribution in [2.45, 2.75) is 6.42 Å². The molecule has 1 heterocycles. The van der Waals surface area contributed by atoms with Crippen LogP contribution in [0.4, 0.5) is 0 Å². The van der Waals surface area contributed by atoms with Crippen molar-refractivity contribution in [2.24, 2.45) is 0 Å². The number of para-hydroxylation sites is 1. The average Bonchev–Trinajstić information content (AvgIpc) is 2.77. The zero-order valence-corrected chi connectivity index (χ0v) is 17.3. The van der Waals surface area contributed by atoms with Gasteiger partial charge in [-0.2, -0.15) is 0 Å². The van der Waals surface area contributed by atoms with Gasteiger partial charge in [-0.05, 0) is 56.0 Å². The van der Waals surface area contributed by atoms with Crippen LogP contribution in [0.5, 0.6) is 11.5 Å². The second kappa shape index (κ2) is 10.8. The minimum absolute atomic E-state index is 0.0440. The van der Waals surface area contributed by atoms with Gasteiger partial charge in [-0.25, -0.2) is 0 Å². The van der Waals surface area contributed by atoms with Crippen LogP contribution in [-0.2, 0) is 0 Å². The molecule has 0 spiro atoms. The van der Waals surface area contributed by atoms with Crippen molar-refractivity contribution in [3.05, 3.63) is 65.7 Å². The number of rotatable bonds is 9. The molecule has 0 atom stereocenters. The van der Waals surface area contributed by atoms with E-state index in [1.54, 1.807) is 19.3 Å². The predicted molar refractivity (Wildman–Crippen MR) is 117 cm³/mol. The van der Waals surface area contributed by atoms with Gasteiger partial charge >= 0.3 is 0 Å². The molecule has 5 nitrogen and oxygen atoms in total. The maximum Gasteiger partial charge on any atom is 0.185 e. The molecule has 1 aliphatic rings. The van der Waals surface area contributed by atoms with Crippen LogP contribution in [0, 0.1) is 0 Å². The molecular weight excluding hydrogens is 364 g/mol. The fourth-order valence-electron chi connectivity index (χ4n) is 3.33. The topological polar surface area (TPSA) is 42.0 Å². The molecule has 154 valence electrons. The third kappa shape index (κ3) is 6.44. The number of ketones is 1.